The van der Waals surface area contributed by atoms with E-state index in [2.05, 4.69) is 67.3 Å². The number of imidazole rings is 1. The Morgan fingerprint density at radius 1 is 0.792 bits per heavy atom. The van der Waals surface area contributed by atoms with Crippen LogP contribution in [0, 0.1) is 0 Å². The summed E-state index contributed by atoms with van der Waals surface area (Å²) < 4.78 is 0. The quantitative estimate of drug-likeness (QED) is 0.488. The summed E-state index contributed by atoms with van der Waals surface area (Å²) in [7, 11) is 0. The summed E-state index contributed by atoms with van der Waals surface area (Å²) in [6.45, 7) is 21.0. The number of H-pyrrole nitrogens is 1. The van der Waals surface area contributed by atoms with E-state index in [0.29, 0.717) is 0 Å². The first-order chi connectivity index (χ1) is 11.1. The normalized spacial score (nSPS) is 13.5. The van der Waals surface area contributed by atoms with E-state index in [4.69, 9.17) is 4.98 Å². The highest BCUT2D eigenvalue weighted by Gasteiger charge is 2.38. The Balaban J connectivity index is 3.51. The van der Waals surface area contributed by atoms with E-state index in [1.165, 1.54) is 36.5 Å². The van der Waals surface area contributed by atoms with Crippen LogP contribution in [0.1, 0.15) is 124 Å². The molecule has 2 nitrogen and oxygen atoms in total. The van der Waals surface area contributed by atoms with Crippen LogP contribution in [-0.4, -0.2) is 9.97 Å². The molecule has 1 N–H and O–H groups in total. The maximum atomic E-state index is 5.26. The molecule has 0 aromatic carbocycles. The van der Waals surface area contributed by atoms with Gasteiger partial charge in [-0.2, -0.15) is 0 Å². The Labute approximate surface area is 151 Å². The molecule has 0 atom stereocenters. The first kappa shape index (κ1) is 21.3. The molecule has 0 aliphatic carbocycles. The van der Waals surface area contributed by atoms with Crippen LogP contribution in [0.2, 0.25) is 0 Å². The number of unbranched alkanes of at least 4 members (excludes halogenated alkanes) is 1. The molecule has 0 spiro atoms. The predicted octanol–water partition coefficient (Wildman–Crippen LogP) is 7.03. The zero-order valence-electron chi connectivity index (χ0n) is 17.9. The van der Waals surface area contributed by atoms with E-state index in [1.807, 2.05) is 0 Å². The number of aromatic amines is 1. The monoisotopic (exact) mass is 334 g/mol. The predicted molar refractivity (Wildman–Crippen MR) is 107 cm³/mol. The van der Waals surface area contributed by atoms with Crippen molar-refractivity contribution in [3.8, 4) is 0 Å². The molecule has 0 bridgehead atoms. The maximum absolute atomic E-state index is 5.26. The summed E-state index contributed by atoms with van der Waals surface area (Å²) in [6, 6.07) is 0. The van der Waals surface area contributed by atoms with E-state index in [1.54, 1.807) is 0 Å². The van der Waals surface area contributed by atoms with E-state index in [-0.39, 0.29) is 16.2 Å². The van der Waals surface area contributed by atoms with Gasteiger partial charge in [-0.1, -0.05) is 75.2 Å². The van der Waals surface area contributed by atoms with Crippen molar-refractivity contribution in [1.29, 1.82) is 0 Å². The minimum Gasteiger partial charge on any atom is -0.345 e. The molecule has 24 heavy (non-hydrogen) atoms. The number of hydrogen-bond donors (Lipinski definition) is 1. The highest BCUT2D eigenvalue weighted by atomic mass is 15.0. The SMILES string of the molecule is CCCCC(C)(C)c1nc(C(C)(CC)CC)c(C(C)(CC)CC)[nH]1. The minimum absolute atomic E-state index is 0.119. The van der Waals surface area contributed by atoms with Crippen LogP contribution in [0.5, 0.6) is 0 Å². The van der Waals surface area contributed by atoms with Crippen LogP contribution in [-0.2, 0) is 16.2 Å². The minimum atomic E-state index is 0.119. The van der Waals surface area contributed by atoms with Gasteiger partial charge in [0.05, 0.1) is 5.69 Å². The van der Waals surface area contributed by atoms with Gasteiger partial charge < -0.3 is 4.98 Å². The molecule has 2 heteroatoms. The average molecular weight is 335 g/mol. The zero-order chi connectivity index (χ0) is 18.6. The van der Waals surface area contributed by atoms with Gasteiger partial charge in [0.15, 0.2) is 0 Å². The lowest BCUT2D eigenvalue weighted by molar-refractivity contribution is 0.382. The molecule has 1 heterocycles. The van der Waals surface area contributed by atoms with E-state index in [0.717, 1.165) is 25.7 Å². The van der Waals surface area contributed by atoms with Gasteiger partial charge >= 0.3 is 0 Å². The second kappa shape index (κ2) is 8.06. The van der Waals surface area contributed by atoms with Crippen LogP contribution < -0.4 is 0 Å². The number of aromatic nitrogens is 2. The van der Waals surface area contributed by atoms with Gasteiger partial charge in [0.2, 0.25) is 0 Å². The Morgan fingerprint density at radius 2 is 1.29 bits per heavy atom. The standard InChI is InChI=1S/C22H42N2/c1-10-15-16-20(6,7)19-23-17(21(8,11-2)12-3)18(24-19)22(9,13-4)14-5/h10-16H2,1-9H3,(H,23,24). The van der Waals surface area contributed by atoms with Gasteiger partial charge in [0, 0.05) is 21.9 Å². The molecule has 0 saturated carbocycles. The van der Waals surface area contributed by atoms with Crippen molar-refractivity contribution < 1.29 is 0 Å². The second-order valence-electron chi connectivity index (χ2n) is 8.83. The molecule has 0 aliphatic heterocycles. The van der Waals surface area contributed by atoms with E-state index in [9.17, 15) is 0 Å². The summed E-state index contributed by atoms with van der Waals surface area (Å²) in [5.41, 5.74) is 3.20. The lowest BCUT2D eigenvalue weighted by atomic mass is 9.73. The number of nitrogens with zero attached hydrogens (tertiary/aromatic N) is 1. The molecule has 1 aromatic heterocycles. The molecule has 0 amide bonds. The third-order valence-electron chi connectivity index (χ3n) is 6.80. The van der Waals surface area contributed by atoms with Crippen LogP contribution in [0.15, 0.2) is 0 Å². The van der Waals surface area contributed by atoms with E-state index >= 15 is 0 Å². The van der Waals surface area contributed by atoms with Crippen molar-refractivity contribution in [3.05, 3.63) is 17.2 Å². The van der Waals surface area contributed by atoms with Crippen molar-refractivity contribution in [2.24, 2.45) is 0 Å². The zero-order valence-corrected chi connectivity index (χ0v) is 17.9. The van der Waals surface area contributed by atoms with Crippen molar-refractivity contribution >= 4 is 0 Å². The molecule has 0 aliphatic rings. The van der Waals surface area contributed by atoms with Gasteiger partial charge in [-0.25, -0.2) is 4.98 Å². The number of nitrogens with one attached hydrogen (secondary N) is 1. The molecule has 0 fully saturated rings. The van der Waals surface area contributed by atoms with Crippen molar-refractivity contribution in [3.63, 3.8) is 0 Å². The van der Waals surface area contributed by atoms with Gasteiger partial charge in [0.25, 0.3) is 0 Å². The fourth-order valence-electron chi connectivity index (χ4n) is 3.49. The third kappa shape index (κ3) is 4.06. The first-order valence-electron chi connectivity index (χ1n) is 10.3. The van der Waals surface area contributed by atoms with Crippen molar-refractivity contribution in [2.75, 3.05) is 0 Å². The summed E-state index contributed by atoms with van der Waals surface area (Å²) in [5.74, 6) is 1.20. The molecular formula is C22H42N2. The van der Waals surface area contributed by atoms with Crippen molar-refractivity contribution in [1.82, 2.24) is 9.97 Å². The Morgan fingerprint density at radius 3 is 1.71 bits per heavy atom. The summed E-state index contributed by atoms with van der Waals surface area (Å²) >= 11 is 0. The summed E-state index contributed by atoms with van der Waals surface area (Å²) in [6.07, 6.45) is 8.27. The molecule has 0 unspecified atom stereocenters. The Bertz CT molecular complexity index is 467. The van der Waals surface area contributed by atoms with Gasteiger partial charge in [-0.3, -0.25) is 0 Å². The largest absolute Gasteiger partial charge is 0.345 e. The second-order valence-corrected chi connectivity index (χ2v) is 8.83. The highest BCUT2D eigenvalue weighted by Crippen LogP contribution is 2.42. The first-order valence-corrected chi connectivity index (χ1v) is 10.3. The molecule has 1 aromatic rings. The number of rotatable bonds is 10. The van der Waals surface area contributed by atoms with Crippen LogP contribution in [0.3, 0.4) is 0 Å². The lowest BCUT2D eigenvalue weighted by Gasteiger charge is -2.32. The molecule has 0 saturated heterocycles. The highest BCUT2D eigenvalue weighted by molar-refractivity contribution is 5.32. The van der Waals surface area contributed by atoms with Crippen LogP contribution in [0.4, 0.5) is 0 Å². The van der Waals surface area contributed by atoms with Crippen LogP contribution in [0.25, 0.3) is 0 Å². The fraction of sp³-hybridized carbons (Fsp3) is 0.864. The Hall–Kier alpha value is -0.790. The third-order valence-corrected chi connectivity index (χ3v) is 6.80. The van der Waals surface area contributed by atoms with Crippen LogP contribution >= 0.6 is 0 Å². The fourth-order valence-corrected chi connectivity index (χ4v) is 3.49. The van der Waals surface area contributed by atoms with E-state index < -0.39 is 0 Å². The lowest BCUT2D eigenvalue weighted by Crippen LogP contribution is -2.29. The van der Waals surface area contributed by atoms with Gasteiger partial charge in [0.1, 0.15) is 5.82 Å². The molecular weight excluding hydrogens is 292 g/mol. The molecule has 1 rings (SSSR count). The number of hydrogen-bond acceptors (Lipinski definition) is 1. The summed E-state index contributed by atoms with van der Waals surface area (Å²) in [4.78, 5) is 9.09. The van der Waals surface area contributed by atoms with Gasteiger partial charge in [-0.15, -0.1) is 0 Å². The topological polar surface area (TPSA) is 28.7 Å². The van der Waals surface area contributed by atoms with Gasteiger partial charge in [-0.05, 0) is 32.1 Å². The molecule has 140 valence electrons. The Kier molecular flexibility index (Phi) is 7.14. The molecule has 0 radical (unpaired) electrons. The summed E-state index contributed by atoms with van der Waals surface area (Å²) in [5, 5.41) is 0. The van der Waals surface area contributed by atoms with Crippen molar-refractivity contribution in [2.45, 2.75) is 124 Å². The average Bonchev–Trinajstić information content (AvgIpc) is 3.06. The smallest absolute Gasteiger partial charge is 0.112 e. The maximum Gasteiger partial charge on any atom is 0.112 e.